The molecular weight excluding hydrogens is 618 g/mol. The molecule has 0 aliphatic carbocycles. The number of carbonyl (C=O) groups excluding carboxylic acids is 1. The van der Waals surface area contributed by atoms with Gasteiger partial charge in [-0.2, -0.15) is 5.10 Å². The van der Waals surface area contributed by atoms with E-state index in [0.717, 1.165) is 23.3 Å². The summed E-state index contributed by atoms with van der Waals surface area (Å²) in [6.45, 7) is 1.09. The zero-order valence-electron chi connectivity index (χ0n) is 25.8. The van der Waals surface area contributed by atoms with E-state index in [9.17, 15) is 28.8 Å². The van der Waals surface area contributed by atoms with Crippen molar-refractivity contribution in [2.24, 2.45) is 0 Å². The Bertz CT molecular complexity index is 1580. The van der Waals surface area contributed by atoms with Gasteiger partial charge in [0.1, 0.15) is 48.0 Å². The number of nitrogens with zero attached hydrogens (tertiary/aromatic N) is 5. The number of hydrogen-bond acceptors (Lipinski definition) is 10. The van der Waals surface area contributed by atoms with Gasteiger partial charge in [0.05, 0.1) is 26.2 Å². The third-order valence-electron chi connectivity index (χ3n) is 6.97. The van der Waals surface area contributed by atoms with Crippen molar-refractivity contribution in [1.29, 1.82) is 0 Å². The van der Waals surface area contributed by atoms with Crippen molar-refractivity contribution < 1.29 is 38.1 Å². The van der Waals surface area contributed by atoms with Crippen LogP contribution in [0, 0.1) is 21.7 Å². The normalized spacial score (nSPS) is 12.4. The number of rotatable bonds is 19. The van der Waals surface area contributed by atoms with Gasteiger partial charge in [-0.3, -0.25) is 9.69 Å². The van der Waals surface area contributed by atoms with E-state index in [1.165, 1.54) is 23.4 Å². The molecule has 0 aliphatic heterocycles. The summed E-state index contributed by atoms with van der Waals surface area (Å²) < 4.78 is 41.3. The first-order valence-corrected chi connectivity index (χ1v) is 14.8. The van der Waals surface area contributed by atoms with Crippen molar-refractivity contribution in [3.63, 3.8) is 0 Å². The Hall–Kier alpha value is -5.15. The van der Waals surface area contributed by atoms with E-state index < -0.39 is 22.3 Å². The van der Waals surface area contributed by atoms with Gasteiger partial charge in [0.15, 0.2) is 0 Å². The summed E-state index contributed by atoms with van der Waals surface area (Å²) in [6, 6.07) is 17.7. The molecule has 1 unspecified atom stereocenters. The number of benzene rings is 3. The maximum absolute atomic E-state index is 14.7. The smallest absolute Gasteiger partial charge is 0.294 e. The highest BCUT2D eigenvalue weighted by Crippen LogP contribution is 2.28. The van der Waals surface area contributed by atoms with Crippen LogP contribution in [-0.4, -0.2) is 75.7 Å². The van der Waals surface area contributed by atoms with Gasteiger partial charge in [0, 0.05) is 37.7 Å². The van der Waals surface area contributed by atoms with E-state index in [1.54, 1.807) is 31.3 Å². The quantitative estimate of drug-likeness (QED) is 0.0875. The number of halogens is 2. The number of ether oxygens (including phenoxy) is 2. The molecule has 13 nitrogen and oxygen atoms in total. The van der Waals surface area contributed by atoms with Gasteiger partial charge in [-0.1, -0.05) is 30.3 Å². The van der Waals surface area contributed by atoms with Crippen LogP contribution < -0.4 is 14.8 Å². The summed E-state index contributed by atoms with van der Waals surface area (Å²) in [6.07, 6.45) is 3.50. The molecular formula is C32H36F2N6O7. The first-order valence-electron chi connectivity index (χ1n) is 14.8. The molecule has 0 fully saturated rings. The van der Waals surface area contributed by atoms with Crippen molar-refractivity contribution >= 4 is 5.91 Å². The number of aromatic nitrogens is 3. The second kappa shape index (κ2) is 17.0. The van der Waals surface area contributed by atoms with Crippen LogP contribution in [0.4, 0.5) is 8.78 Å². The van der Waals surface area contributed by atoms with Crippen molar-refractivity contribution in [2.75, 3.05) is 40.0 Å². The predicted molar refractivity (Wildman–Crippen MR) is 165 cm³/mol. The summed E-state index contributed by atoms with van der Waals surface area (Å²) in [5, 5.41) is 27.4. The fraction of sp³-hybridized carbons (Fsp3) is 0.344. The van der Waals surface area contributed by atoms with Gasteiger partial charge in [-0.15, -0.1) is 10.1 Å². The van der Waals surface area contributed by atoms with Gasteiger partial charge >= 0.3 is 0 Å². The average molecular weight is 655 g/mol. The predicted octanol–water partition coefficient (Wildman–Crippen LogP) is 3.29. The minimum atomic E-state index is -1.70. The zero-order valence-corrected chi connectivity index (χ0v) is 25.8. The lowest BCUT2D eigenvalue weighted by Crippen LogP contribution is -2.43. The van der Waals surface area contributed by atoms with Gasteiger partial charge in [0.2, 0.25) is 5.91 Å². The molecule has 0 saturated carbocycles. The van der Waals surface area contributed by atoms with Gasteiger partial charge in [0.25, 0.3) is 5.09 Å². The van der Waals surface area contributed by atoms with Crippen molar-refractivity contribution in [2.45, 2.75) is 31.5 Å². The molecule has 15 heteroatoms. The number of amides is 1. The minimum absolute atomic E-state index is 0.0348. The molecule has 0 saturated heterocycles. The van der Waals surface area contributed by atoms with Gasteiger partial charge in [-0.25, -0.2) is 18.4 Å². The van der Waals surface area contributed by atoms with Crippen molar-refractivity contribution in [3.05, 3.63) is 118 Å². The monoisotopic (exact) mass is 654 g/mol. The zero-order chi connectivity index (χ0) is 33.6. The number of nitrogens with one attached hydrogen (secondary N) is 1. The van der Waals surface area contributed by atoms with Gasteiger partial charge in [-0.05, 0) is 48.5 Å². The molecule has 0 spiro atoms. The number of likely N-dealkylation sites (N-methyl/N-ethyl adjacent to an activating group) is 1. The molecule has 47 heavy (non-hydrogen) atoms. The average Bonchev–Trinajstić information content (AvgIpc) is 3.53. The maximum Gasteiger partial charge on any atom is 0.294 e. The second-order valence-corrected chi connectivity index (χ2v) is 10.8. The van der Waals surface area contributed by atoms with Crippen LogP contribution in [0.15, 0.2) is 79.4 Å². The molecule has 1 amide bonds. The highest BCUT2D eigenvalue weighted by Gasteiger charge is 2.35. The third-order valence-corrected chi connectivity index (χ3v) is 6.97. The summed E-state index contributed by atoms with van der Waals surface area (Å²) in [7, 11) is 1.80. The first kappa shape index (κ1) is 34.7. The Labute approximate surface area is 269 Å². The fourth-order valence-corrected chi connectivity index (χ4v) is 4.88. The van der Waals surface area contributed by atoms with E-state index in [1.807, 2.05) is 29.2 Å². The van der Waals surface area contributed by atoms with Crippen molar-refractivity contribution in [1.82, 2.24) is 25.0 Å². The Kier molecular flexibility index (Phi) is 12.5. The largest absolute Gasteiger partial charge is 0.493 e. The van der Waals surface area contributed by atoms with E-state index in [2.05, 4.69) is 20.2 Å². The van der Waals surface area contributed by atoms with Crippen LogP contribution in [0.1, 0.15) is 23.1 Å². The molecule has 1 atom stereocenters. The molecule has 1 heterocycles. The Morgan fingerprint density at radius 2 is 1.68 bits per heavy atom. The molecule has 250 valence electrons. The summed E-state index contributed by atoms with van der Waals surface area (Å²) in [5.41, 5.74) is -0.0287. The molecule has 3 aromatic carbocycles. The lowest BCUT2D eigenvalue weighted by Gasteiger charge is -2.33. The highest BCUT2D eigenvalue weighted by atomic mass is 19.1. The van der Waals surface area contributed by atoms with Crippen LogP contribution >= 0.6 is 0 Å². The summed E-state index contributed by atoms with van der Waals surface area (Å²) >= 11 is 0. The van der Waals surface area contributed by atoms with Crippen LogP contribution in [-0.2, 0) is 34.7 Å². The van der Waals surface area contributed by atoms with Crippen LogP contribution in [0.5, 0.6) is 11.5 Å². The Morgan fingerprint density at radius 3 is 2.28 bits per heavy atom. The summed E-state index contributed by atoms with van der Waals surface area (Å²) in [5.74, 6) is -0.511. The molecule has 0 aliphatic rings. The SMILES string of the molecule is CN(Cc1ccc(OCCCOc2ccc(CC(=O)NCCO[N+](=O)[O-])cc2)cc1)CC(O)(Cn1cncn1)c1ccc(F)cc1F. The van der Waals surface area contributed by atoms with Gasteiger partial charge < -0.3 is 24.7 Å². The molecule has 2 N–H and O–H groups in total. The van der Waals surface area contributed by atoms with E-state index in [-0.39, 0.29) is 44.1 Å². The van der Waals surface area contributed by atoms with E-state index in [4.69, 9.17) is 9.47 Å². The molecule has 4 aromatic rings. The standard InChI is InChI=1S/C32H36F2N6O7/c1-38(20-32(42,21-39-23-35-22-37-39)29-12-7-26(33)18-30(29)34)19-25-5-10-28(11-6-25)46-15-2-14-45-27-8-3-24(4-9-27)17-31(41)36-13-16-47-40(43)44/h3-12,18,22-23,42H,2,13-17,19-21H2,1H3,(H,36,41). The third kappa shape index (κ3) is 11.3. The minimum Gasteiger partial charge on any atom is -0.493 e. The number of carbonyl (C=O) groups is 1. The molecule has 1 aromatic heterocycles. The fourth-order valence-electron chi connectivity index (χ4n) is 4.88. The molecule has 4 rings (SSSR count). The van der Waals surface area contributed by atoms with Crippen LogP contribution in [0.3, 0.4) is 0 Å². The van der Waals surface area contributed by atoms with Crippen LogP contribution in [0.25, 0.3) is 0 Å². The number of hydrogen-bond donors (Lipinski definition) is 2. The molecule has 0 radical (unpaired) electrons. The van der Waals surface area contributed by atoms with Crippen molar-refractivity contribution in [3.8, 4) is 11.5 Å². The topological polar surface area (TPSA) is 154 Å². The van der Waals surface area contributed by atoms with E-state index >= 15 is 0 Å². The van der Waals surface area contributed by atoms with E-state index in [0.29, 0.717) is 37.7 Å². The Morgan fingerprint density at radius 1 is 1.02 bits per heavy atom. The lowest BCUT2D eigenvalue weighted by molar-refractivity contribution is -0.757. The second-order valence-electron chi connectivity index (χ2n) is 10.8. The maximum atomic E-state index is 14.7. The molecule has 0 bridgehead atoms. The number of aliphatic hydroxyl groups is 1. The summed E-state index contributed by atoms with van der Waals surface area (Å²) in [4.78, 5) is 31.9. The first-order chi connectivity index (χ1) is 22.6. The lowest BCUT2D eigenvalue weighted by atomic mass is 9.92. The van der Waals surface area contributed by atoms with Crippen LogP contribution in [0.2, 0.25) is 0 Å². The highest BCUT2D eigenvalue weighted by molar-refractivity contribution is 5.78. The Balaban J connectivity index is 1.18.